The van der Waals surface area contributed by atoms with Crippen molar-refractivity contribution in [1.82, 2.24) is 9.78 Å². The van der Waals surface area contributed by atoms with Crippen LogP contribution >= 0.6 is 12.2 Å². The number of nitrogens with zero attached hydrogens (tertiary/aromatic N) is 3. The molecule has 0 fully saturated rings. The second-order valence-electron chi connectivity index (χ2n) is 4.01. The van der Waals surface area contributed by atoms with Crippen LogP contribution in [0, 0.1) is 19.7 Å². The van der Waals surface area contributed by atoms with Gasteiger partial charge in [0.2, 0.25) is 0 Å². The normalized spacial score (nSPS) is 10.2. The highest BCUT2D eigenvalue weighted by molar-refractivity contribution is 7.78. The summed E-state index contributed by atoms with van der Waals surface area (Å²) in [4.78, 5) is 4.00. The number of hydrogen-bond donors (Lipinski definition) is 0. The average molecular weight is 261 g/mol. The standard InChI is InChI=1S/C13H12FN3S/c1-9-13(15-8-18)10(2)17(16-9)7-11-3-5-12(14)6-4-11/h3-6H,7H2,1-2H3. The zero-order valence-electron chi connectivity index (χ0n) is 10.1. The summed E-state index contributed by atoms with van der Waals surface area (Å²) in [6.07, 6.45) is 0. The Kier molecular flexibility index (Phi) is 3.65. The van der Waals surface area contributed by atoms with Crippen LogP contribution in [0.2, 0.25) is 0 Å². The monoisotopic (exact) mass is 261 g/mol. The summed E-state index contributed by atoms with van der Waals surface area (Å²) in [7, 11) is 0. The van der Waals surface area contributed by atoms with Gasteiger partial charge < -0.3 is 0 Å². The molecule has 0 N–H and O–H groups in total. The lowest BCUT2D eigenvalue weighted by Gasteiger charge is -2.04. The molecular weight excluding hydrogens is 249 g/mol. The fraction of sp³-hybridized carbons (Fsp3) is 0.231. The molecule has 0 amide bonds. The van der Waals surface area contributed by atoms with Crippen LogP contribution in [0.4, 0.5) is 10.1 Å². The van der Waals surface area contributed by atoms with Gasteiger partial charge in [0.15, 0.2) is 0 Å². The van der Waals surface area contributed by atoms with Crippen molar-refractivity contribution in [3.8, 4) is 0 Å². The van der Waals surface area contributed by atoms with E-state index in [0.29, 0.717) is 6.54 Å². The quantitative estimate of drug-likeness (QED) is 0.626. The molecule has 2 rings (SSSR count). The highest BCUT2D eigenvalue weighted by Crippen LogP contribution is 2.23. The minimum absolute atomic E-state index is 0.238. The lowest BCUT2D eigenvalue weighted by atomic mass is 10.2. The van der Waals surface area contributed by atoms with Crippen molar-refractivity contribution in [1.29, 1.82) is 0 Å². The summed E-state index contributed by atoms with van der Waals surface area (Å²) in [6.45, 7) is 4.38. The number of benzene rings is 1. The first-order valence-corrected chi connectivity index (χ1v) is 5.89. The summed E-state index contributed by atoms with van der Waals surface area (Å²) in [6, 6.07) is 6.37. The van der Waals surface area contributed by atoms with Crippen LogP contribution in [0.25, 0.3) is 0 Å². The summed E-state index contributed by atoms with van der Waals surface area (Å²) < 4.78 is 14.6. The molecule has 5 heteroatoms. The lowest BCUT2D eigenvalue weighted by Crippen LogP contribution is -2.03. The molecule has 0 aliphatic rings. The van der Waals surface area contributed by atoms with Crippen molar-refractivity contribution in [2.75, 3.05) is 0 Å². The largest absolute Gasteiger partial charge is 0.263 e. The maximum Gasteiger partial charge on any atom is 0.123 e. The maximum absolute atomic E-state index is 12.8. The van der Waals surface area contributed by atoms with E-state index in [-0.39, 0.29) is 5.82 Å². The molecule has 1 aromatic heterocycles. The van der Waals surface area contributed by atoms with E-state index in [9.17, 15) is 4.39 Å². The van der Waals surface area contributed by atoms with E-state index in [1.807, 2.05) is 18.5 Å². The molecule has 3 nitrogen and oxygen atoms in total. The Balaban J connectivity index is 2.32. The lowest BCUT2D eigenvalue weighted by molar-refractivity contribution is 0.622. The molecule has 1 heterocycles. The van der Waals surface area contributed by atoms with Gasteiger partial charge in [-0.3, -0.25) is 4.68 Å². The van der Waals surface area contributed by atoms with Crippen molar-refractivity contribution < 1.29 is 4.39 Å². The predicted molar refractivity (Wildman–Crippen MR) is 71.9 cm³/mol. The fourth-order valence-corrected chi connectivity index (χ4v) is 1.90. The zero-order valence-corrected chi connectivity index (χ0v) is 11.0. The number of aromatic nitrogens is 2. The molecular formula is C13H12FN3S. The maximum atomic E-state index is 12.8. The first kappa shape index (κ1) is 12.6. The van der Waals surface area contributed by atoms with Crippen LogP contribution in [0.15, 0.2) is 29.3 Å². The van der Waals surface area contributed by atoms with Crippen LogP contribution in [-0.2, 0) is 6.54 Å². The van der Waals surface area contributed by atoms with Crippen molar-refractivity contribution in [3.05, 3.63) is 47.0 Å². The van der Waals surface area contributed by atoms with Gasteiger partial charge in [0, 0.05) is 0 Å². The Morgan fingerprint density at radius 3 is 2.61 bits per heavy atom. The van der Waals surface area contributed by atoms with E-state index < -0.39 is 0 Å². The Morgan fingerprint density at radius 2 is 2.00 bits per heavy atom. The van der Waals surface area contributed by atoms with E-state index in [1.54, 1.807) is 12.1 Å². The predicted octanol–water partition coefficient (Wildman–Crippen LogP) is 3.42. The van der Waals surface area contributed by atoms with E-state index >= 15 is 0 Å². The van der Waals surface area contributed by atoms with Gasteiger partial charge in [0.1, 0.15) is 11.5 Å². The number of aryl methyl sites for hydroxylation is 1. The van der Waals surface area contributed by atoms with E-state index in [2.05, 4.69) is 27.5 Å². The summed E-state index contributed by atoms with van der Waals surface area (Å²) in [5.41, 5.74) is 3.48. The number of aliphatic imine (C=N–C) groups is 1. The van der Waals surface area contributed by atoms with Crippen LogP contribution in [0.3, 0.4) is 0 Å². The average Bonchev–Trinajstić information content (AvgIpc) is 2.60. The smallest absolute Gasteiger partial charge is 0.123 e. The summed E-state index contributed by atoms with van der Waals surface area (Å²) in [5, 5.41) is 6.75. The molecule has 0 radical (unpaired) electrons. The molecule has 92 valence electrons. The van der Waals surface area contributed by atoms with E-state index in [4.69, 9.17) is 0 Å². The van der Waals surface area contributed by atoms with Gasteiger partial charge in [-0.25, -0.2) is 4.39 Å². The van der Waals surface area contributed by atoms with Crippen molar-refractivity contribution in [3.63, 3.8) is 0 Å². The third-order valence-electron chi connectivity index (χ3n) is 2.75. The molecule has 2 aromatic rings. The molecule has 0 saturated heterocycles. The first-order chi connectivity index (χ1) is 8.61. The molecule has 0 bridgehead atoms. The number of isothiocyanates is 1. The van der Waals surface area contributed by atoms with Gasteiger partial charge in [-0.15, -0.1) is 0 Å². The van der Waals surface area contributed by atoms with Gasteiger partial charge in [0.25, 0.3) is 0 Å². The van der Waals surface area contributed by atoms with Crippen molar-refractivity contribution in [2.24, 2.45) is 4.99 Å². The minimum Gasteiger partial charge on any atom is -0.263 e. The van der Waals surface area contributed by atoms with Crippen LogP contribution in [0.5, 0.6) is 0 Å². The Hall–Kier alpha value is -1.84. The molecule has 0 spiro atoms. The zero-order chi connectivity index (χ0) is 13.1. The number of rotatable bonds is 3. The van der Waals surface area contributed by atoms with Gasteiger partial charge in [-0.1, -0.05) is 12.1 Å². The third-order valence-corrected chi connectivity index (χ3v) is 2.84. The van der Waals surface area contributed by atoms with Crippen LogP contribution in [-0.4, -0.2) is 14.9 Å². The van der Waals surface area contributed by atoms with Crippen molar-refractivity contribution >= 4 is 23.1 Å². The molecule has 1 aromatic carbocycles. The topological polar surface area (TPSA) is 30.2 Å². The first-order valence-electron chi connectivity index (χ1n) is 5.48. The number of halogens is 1. The van der Waals surface area contributed by atoms with E-state index in [1.165, 1.54) is 12.1 Å². The molecule has 0 atom stereocenters. The highest BCUT2D eigenvalue weighted by Gasteiger charge is 2.10. The third kappa shape index (κ3) is 2.53. The molecule has 0 aliphatic heterocycles. The highest BCUT2D eigenvalue weighted by atomic mass is 32.1. The van der Waals surface area contributed by atoms with Crippen molar-refractivity contribution in [2.45, 2.75) is 20.4 Å². The van der Waals surface area contributed by atoms with Gasteiger partial charge in [0.05, 0.1) is 23.1 Å². The van der Waals surface area contributed by atoms with Gasteiger partial charge in [-0.05, 0) is 43.8 Å². The molecule has 0 unspecified atom stereocenters. The van der Waals surface area contributed by atoms with E-state index in [0.717, 1.165) is 22.6 Å². The van der Waals surface area contributed by atoms with Gasteiger partial charge >= 0.3 is 0 Å². The van der Waals surface area contributed by atoms with Crippen LogP contribution < -0.4 is 0 Å². The Bertz CT molecular complexity index is 610. The SMILES string of the molecule is Cc1nn(Cc2ccc(F)cc2)c(C)c1N=C=S. The Morgan fingerprint density at radius 1 is 1.33 bits per heavy atom. The fourth-order valence-electron chi connectivity index (χ4n) is 1.81. The second-order valence-corrected chi connectivity index (χ2v) is 4.19. The molecule has 0 saturated carbocycles. The second kappa shape index (κ2) is 5.21. The Labute approximate surface area is 110 Å². The minimum atomic E-state index is -0.238. The number of thiocarbonyl (C=S) groups is 1. The van der Waals surface area contributed by atoms with Gasteiger partial charge in [-0.2, -0.15) is 10.1 Å². The number of hydrogen-bond acceptors (Lipinski definition) is 3. The summed E-state index contributed by atoms with van der Waals surface area (Å²) >= 11 is 4.61. The molecule has 0 aliphatic carbocycles. The summed E-state index contributed by atoms with van der Waals surface area (Å²) in [5.74, 6) is -0.238. The molecule has 18 heavy (non-hydrogen) atoms. The van der Waals surface area contributed by atoms with Crippen LogP contribution in [0.1, 0.15) is 17.0 Å².